The molecule has 0 aromatic carbocycles. The maximum Gasteiger partial charge on any atom is 0.328 e. The molecule has 162 valence electrons. The van der Waals surface area contributed by atoms with Crippen LogP contribution in [0.4, 0.5) is 0 Å². The molecule has 28 heavy (non-hydrogen) atoms. The van der Waals surface area contributed by atoms with E-state index in [-0.39, 0.29) is 0 Å². The average Bonchev–Trinajstić information content (AvgIpc) is 2.54. The Morgan fingerprint density at radius 2 is 0.857 bits per heavy atom. The molecule has 0 amide bonds. The molecule has 0 bridgehead atoms. The van der Waals surface area contributed by atoms with Gasteiger partial charge in [-0.25, -0.2) is 0 Å². The molecule has 0 aromatic heterocycles. The number of carboxylic acids is 3. The van der Waals surface area contributed by atoms with Crippen molar-refractivity contribution in [1.82, 2.24) is 0 Å². The highest BCUT2D eigenvalue weighted by Gasteiger charge is 2.55. The van der Waals surface area contributed by atoms with Gasteiger partial charge in [-0.05, 0) is 19.3 Å². The first-order chi connectivity index (χ1) is 13.0. The third-order valence-corrected chi connectivity index (χ3v) is 10.2. The summed E-state index contributed by atoms with van der Waals surface area (Å²) >= 11 is -3.19. The van der Waals surface area contributed by atoms with Crippen LogP contribution >= 0.6 is 0 Å². The van der Waals surface area contributed by atoms with Gasteiger partial charge in [-0.1, -0.05) is 40.0 Å². The molecular weight excluding hydrogens is 381 g/mol. The van der Waals surface area contributed by atoms with Crippen LogP contribution in [0.1, 0.15) is 59.3 Å². The third-order valence-electron chi connectivity index (χ3n) is 5.35. The fourth-order valence-electron chi connectivity index (χ4n) is 4.11. The Kier molecular flexibility index (Phi) is 12.6. The van der Waals surface area contributed by atoms with E-state index in [1.54, 1.807) is 0 Å². The molecule has 6 atom stereocenters. The van der Waals surface area contributed by atoms with E-state index in [4.69, 9.17) is 17.2 Å². The number of hydrogen-bond donors (Lipinski definition) is 6. The van der Waals surface area contributed by atoms with Gasteiger partial charge in [0.25, 0.3) is 17.9 Å². The van der Waals surface area contributed by atoms with Gasteiger partial charge in [0.1, 0.15) is 0 Å². The number of hydrogen-bond acceptors (Lipinski definition) is 6. The van der Waals surface area contributed by atoms with Crippen molar-refractivity contribution in [3.63, 3.8) is 0 Å². The van der Waals surface area contributed by atoms with Crippen LogP contribution in [0.5, 0.6) is 0 Å². The molecular formula is C18H36AlN3O6. The van der Waals surface area contributed by atoms with Crippen LogP contribution in [0.15, 0.2) is 0 Å². The zero-order valence-electron chi connectivity index (χ0n) is 17.1. The van der Waals surface area contributed by atoms with Crippen molar-refractivity contribution >= 4 is 32.1 Å². The highest BCUT2D eigenvalue weighted by Crippen LogP contribution is 2.39. The van der Waals surface area contributed by atoms with Gasteiger partial charge in [-0.3, -0.25) is 14.4 Å². The molecule has 0 spiro atoms. The number of carboxylic acid groups (broad SMARTS) is 3. The highest BCUT2D eigenvalue weighted by molar-refractivity contribution is 6.73. The van der Waals surface area contributed by atoms with Crippen molar-refractivity contribution in [2.45, 2.75) is 91.8 Å². The largest absolute Gasteiger partial charge is 0.482 e. The molecule has 0 aliphatic heterocycles. The van der Waals surface area contributed by atoms with E-state index in [1.165, 1.54) is 0 Å². The Morgan fingerprint density at radius 3 is 1.00 bits per heavy atom. The zero-order chi connectivity index (χ0) is 22.0. The summed E-state index contributed by atoms with van der Waals surface area (Å²) < 4.78 is -3.73. The third kappa shape index (κ3) is 7.34. The second kappa shape index (κ2) is 13.1. The van der Waals surface area contributed by atoms with Crippen molar-refractivity contribution in [3.05, 3.63) is 0 Å². The van der Waals surface area contributed by atoms with Gasteiger partial charge in [-0.15, -0.1) is 0 Å². The lowest BCUT2D eigenvalue weighted by Gasteiger charge is -2.37. The molecule has 0 fully saturated rings. The second-order valence-corrected chi connectivity index (χ2v) is 10.8. The van der Waals surface area contributed by atoms with Crippen LogP contribution in [0.2, 0.25) is 14.3 Å². The van der Waals surface area contributed by atoms with Crippen molar-refractivity contribution in [1.29, 1.82) is 0 Å². The molecule has 6 unspecified atom stereocenters. The molecule has 0 heterocycles. The van der Waals surface area contributed by atoms with Crippen molar-refractivity contribution in [2.24, 2.45) is 17.2 Å². The summed E-state index contributed by atoms with van der Waals surface area (Å²) in [6.07, 6.45) is 2.86. The number of rotatable bonds is 15. The van der Waals surface area contributed by atoms with Crippen LogP contribution < -0.4 is 17.2 Å². The Labute approximate surface area is 171 Å². The summed E-state index contributed by atoms with van der Waals surface area (Å²) in [5.74, 6) is -3.78. The average molecular weight is 417 g/mol. The predicted molar refractivity (Wildman–Crippen MR) is 109 cm³/mol. The van der Waals surface area contributed by atoms with E-state index >= 15 is 0 Å². The Morgan fingerprint density at radius 1 is 0.643 bits per heavy atom. The highest BCUT2D eigenvalue weighted by atomic mass is 27.2. The topological polar surface area (TPSA) is 190 Å². The van der Waals surface area contributed by atoms with Crippen LogP contribution in [0.3, 0.4) is 0 Å². The van der Waals surface area contributed by atoms with Gasteiger partial charge in [0.2, 0.25) is 0 Å². The summed E-state index contributed by atoms with van der Waals surface area (Å²) in [7, 11) is 0. The lowest BCUT2D eigenvalue weighted by atomic mass is 10.1. The van der Waals surface area contributed by atoms with Crippen LogP contribution in [0, 0.1) is 0 Å². The van der Waals surface area contributed by atoms with E-state index in [1.807, 2.05) is 20.8 Å². The van der Waals surface area contributed by atoms with Gasteiger partial charge in [0.05, 0.1) is 0 Å². The van der Waals surface area contributed by atoms with Gasteiger partial charge in [-0.2, -0.15) is 0 Å². The Bertz CT molecular complexity index is 450. The van der Waals surface area contributed by atoms with Crippen LogP contribution in [0.25, 0.3) is 0 Å². The second-order valence-electron chi connectivity index (χ2n) is 7.53. The maximum atomic E-state index is 12.2. The fraction of sp³-hybridized carbons (Fsp3) is 0.833. The smallest absolute Gasteiger partial charge is 0.328 e. The summed E-state index contributed by atoms with van der Waals surface area (Å²) in [5, 5.41) is 29.7. The van der Waals surface area contributed by atoms with E-state index in [9.17, 15) is 29.7 Å². The Hall–Kier alpha value is -1.18. The van der Waals surface area contributed by atoms with E-state index in [0.29, 0.717) is 38.5 Å². The first kappa shape index (κ1) is 26.8. The quantitative estimate of drug-likeness (QED) is 0.213. The molecule has 0 radical (unpaired) electrons. The van der Waals surface area contributed by atoms with Crippen molar-refractivity contribution < 1.29 is 29.7 Å². The summed E-state index contributed by atoms with van der Waals surface area (Å²) in [6.45, 7) is 5.51. The number of nitrogens with two attached hydrogens (primary N) is 3. The SMILES string of the molecule is CCCC(N)[CH](C(=O)O)[Al]([CH](C(=O)O)C(N)CCC)[CH](C(=O)O)C(N)CCC. The minimum atomic E-state index is -3.19. The van der Waals surface area contributed by atoms with Gasteiger partial charge >= 0.3 is 14.1 Å². The van der Waals surface area contributed by atoms with Gasteiger partial charge < -0.3 is 32.5 Å². The summed E-state index contributed by atoms with van der Waals surface area (Å²) in [6, 6.07) is -2.53. The number of carbonyl (C=O) groups is 3. The van der Waals surface area contributed by atoms with Crippen LogP contribution in [-0.2, 0) is 14.4 Å². The minimum absolute atomic E-state index is 0.352. The van der Waals surface area contributed by atoms with Gasteiger partial charge in [0, 0.05) is 32.5 Å². The van der Waals surface area contributed by atoms with Crippen molar-refractivity contribution in [3.8, 4) is 0 Å². The monoisotopic (exact) mass is 417 g/mol. The summed E-state index contributed by atoms with van der Waals surface area (Å²) in [5.41, 5.74) is 18.4. The van der Waals surface area contributed by atoms with E-state index < -0.39 is 64.5 Å². The molecule has 10 heteroatoms. The van der Waals surface area contributed by atoms with Crippen LogP contribution in [-0.4, -0.2) is 65.5 Å². The summed E-state index contributed by atoms with van der Waals surface area (Å²) in [4.78, 5) is 36.5. The standard InChI is InChI=1S/3C6H12NO2.Al/c3*1-2-3-5(7)4-6(8)9;/h3*4-5H,2-3,7H2,1H3,(H,8,9);. The molecule has 0 saturated carbocycles. The molecule has 0 aliphatic carbocycles. The fourth-order valence-corrected chi connectivity index (χ4v) is 8.73. The first-order valence-electron chi connectivity index (χ1n) is 10.00. The van der Waals surface area contributed by atoms with Gasteiger partial charge in [0.15, 0.2) is 0 Å². The molecule has 9 nitrogen and oxygen atoms in total. The normalized spacial score (nSPS) is 17.8. The molecule has 9 N–H and O–H groups in total. The lowest BCUT2D eigenvalue weighted by molar-refractivity contribution is -0.138. The molecule has 0 rings (SSSR count). The zero-order valence-corrected chi connectivity index (χ0v) is 18.2. The first-order valence-corrected chi connectivity index (χ1v) is 12.0. The molecule has 0 aliphatic rings. The van der Waals surface area contributed by atoms with E-state index in [2.05, 4.69) is 0 Å². The maximum absolute atomic E-state index is 12.2. The molecule has 0 saturated heterocycles. The van der Waals surface area contributed by atoms with Crippen molar-refractivity contribution in [2.75, 3.05) is 0 Å². The Balaban J connectivity index is 6.54. The predicted octanol–water partition coefficient (Wildman–Crippen LogP) is 1.23. The minimum Gasteiger partial charge on any atom is -0.482 e. The van der Waals surface area contributed by atoms with E-state index in [0.717, 1.165) is 0 Å². The number of aliphatic carboxylic acids is 3. The molecule has 0 aromatic rings. The lowest BCUT2D eigenvalue weighted by Crippen LogP contribution is -2.56.